The van der Waals surface area contributed by atoms with E-state index in [1.165, 1.54) is 16.8 Å². The Labute approximate surface area is 119 Å². The van der Waals surface area contributed by atoms with Gasteiger partial charge in [-0.3, -0.25) is 0 Å². The lowest BCUT2D eigenvalue weighted by Crippen LogP contribution is -2.17. The van der Waals surface area contributed by atoms with Gasteiger partial charge in [-0.1, -0.05) is 24.3 Å². The van der Waals surface area contributed by atoms with Gasteiger partial charge in [0.2, 0.25) is 0 Å². The van der Waals surface area contributed by atoms with Crippen molar-refractivity contribution in [3.05, 3.63) is 70.6 Å². The maximum atomic E-state index is 13.4. The Morgan fingerprint density at radius 2 is 1.85 bits per heavy atom. The first-order valence-corrected chi connectivity index (χ1v) is 7.17. The zero-order valence-corrected chi connectivity index (χ0v) is 11.7. The largest absolute Gasteiger partial charge is 0.309 e. The minimum Gasteiger partial charge on any atom is -0.309 e. The molecule has 1 heterocycles. The van der Waals surface area contributed by atoms with Gasteiger partial charge in [-0.15, -0.1) is 11.3 Å². The molecular weight excluding hydrogens is 276 g/mol. The second kappa shape index (κ2) is 5.31. The first kappa shape index (κ1) is 13.2. The fourth-order valence-electron chi connectivity index (χ4n) is 2.42. The van der Waals surface area contributed by atoms with Gasteiger partial charge in [0.15, 0.2) is 11.6 Å². The molecule has 0 saturated carbocycles. The zero-order chi connectivity index (χ0) is 14.1. The second-order valence-corrected chi connectivity index (χ2v) is 5.49. The Bertz CT molecular complexity index is 751. The van der Waals surface area contributed by atoms with Crippen molar-refractivity contribution in [2.24, 2.45) is 0 Å². The fourth-order valence-corrected chi connectivity index (χ4v) is 3.40. The summed E-state index contributed by atoms with van der Waals surface area (Å²) in [7, 11) is 1.82. The third kappa shape index (κ3) is 2.21. The lowest BCUT2D eigenvalue weighted by atomic mass is 9.98. The van der Waals surface area contributed by atoms with Crippen molar-refractivity contribution >= 4 is 21.4 Å². The molecule has 0 fully saturated rings. The van der Waals surface area contributed by atoms with E-state index in [0.717, 1.165) is 16.5 Å². The topological polar surface area (TPSA) is 12.0 Å². The van der Waals surface area contributed by atoms with Crippen LogP contribution in [0.4, 0.5) is 8.78 Å². The van der Waals surface area contributed by atoms with Crippen LogP contribution in [0.2, 0.25) is 0 Å². The molecule has 0 saturated heterocycles. The summed E-state index contributed by atoms with van der Waals surface area (Å²) < 4.78 is 27.7. The number of halogens is 2. The van der Waals surface area contributed by atoms with Gasteiger partial charge in [-0.25, -0.2) is 8.78 Å². The van der Waals surface area contributed by atoms with Crippen LogP contribution in [-0.2, 0) is 0 Å². The standard InChI is InChI=1S/C16H13F2NS/c1-19-16(10-6-7-13(17)14(18)8-10)12-9-20-15-5-3-2-4-11(12)15/h2-9,16,19H,1H3. The van der Waals surface area contributed by atoms with Crippen molar-refractivity contribution in [3.63, 3.8) is 0 Å². The quantitative estimate of drug-likeness (QED) is 0.749. The van der Waals surface area contributed by atoms with Crippen LogP contribution in [0.25, 0.3) is 10.1 Å². The first-order valence-electron chi connectivity index (χ1n) is 6.29. The van der Waals surface area contributed by atoms with E-state index in [4.69, 9.17) is 0 Å². The molecule has 0 bridgehead atoms. The Morgan fingerprint density at radius 1 is 1.05 bits per heavy atom. The van der Waals surface area contributed by atoms with Crippen molar-refractivity contribution in [1.82, 2.24) is 5.32 Å². The Kier molecular flexibility index (Phi) is 3.51. The van der Waals surface area contributed by atoms with E-state index in [2.05, 4.69) is 16.8 Å². The zero-order valence-electron chi connectivity index (χ0n) is 10.9. The van der Waals surface area contributed by atoms with E-state index >= 15 is 0 Å². The van der Waals surface area contributed by atoms with Crippen molar-refractivity contribution in [2.45, 2.75) is 6.04 Å². The van der Waals surface area contributed by atoms with Crippen molar-refractivity contribution < 1.29 is 8.78 Å². The van der Waals surface area contributed by atoms with Crippen molar-refractivity contribution in [1.29, 1.82) is 0 Å². The molecule has 0 aliphatic rings. The number of benzene rings is 2. The minimum atomic E-state index is -0.821. The Hall–Kier alpha value is -1.78. The summed E-state index contributed by atoms with van der Waals surface area (Å²) in [6.07, 6.45) is 0. The average molecular weight is 289 g/mol. The predicted molar refractivity (Wildman–Crippen MR) is 79.1 cm³/mol. The number of nitrogens with one attached hydrogen (secondary N) is 1. The molecule has 0 aliphatic heterocycles. The number of hydrogen-bond donors (Lipinski definition) is 1. The van der Waals surface area contributed by atoms with Crippen LogP contribution in [0, 0.1) is 11.6 Å². The van der Waals surface area contributed by atoms with Crippen LogP contribution >= 0.6 is 11.3 Å². The molecule has 4 heteroatoms. The Balaban J connectivity index is 2.11. The highest BCUT2D eigenvalue weighted by atomic mass is 32.1. The molecule has 2 aromatic carbocycles. The summed E-state index contributed by atoms with van der Waals surface area (Å²) >= 11 is 1.65. The average Bonchev–Trinajstić information content (AvgIpc) is 2.88. The van der Waals surface area contributed by atoms with Gasteiger partial charge in [-0.2, -0.15) is 0 Å². The van der Waals surface area contributed by atoms with E-state index in [-0.39, 0.29) is 6.04 Å². The van der Waals surface area contributed by atoms with Gasteiger partial charge < -0.3 is 5.32 Å². The highest BCUT2D eigenvalue weighted by Crippen LogP contribution is 2.33. The smallest absolute Gasteiger partial charge is 0.159 e. The molecule has 0 radical (unpaired) electrons. The van der Waals surface area contributed by atoms with Gasteiger partial charge in [0, 0.05) is 4.70 Å². The molecule has 1 nitrogen and oxygen atoms in total. The van der Waals surface area contributed by atoms with Gasteiger partial charge in [0.25, 0.3) is 0 Å². The van der Waals surface area contributed by atoms with Gasteiger partial charge in [0.1, 0.15) is 0 Å². The lowest BCUT2D eigenvalue weighted by molar-refractivity contribution is 0.505. The molecule has 3 rings (SSSR count). The highest BCUT2D eigenvalue weighted by molar-refractivity contribution is 7.17. The van der Waals surface area contributed by atoms with Gasteiger partial charge >= 0.3 is 0 Å². The number of rotatable bonds is 3. The third-order valence-electron chi connectivity index (χ3n) is 3.39. The Morgan fingerprint density at radius 3 is 2.60 bits per heavy atom. The summed E-state index contributed by atoms with van der Waals surface area (Å²) in [6, 6.07) is 12.0. The first-order chi connectivity index (χ1) is 9.70. The SMILES string of the molecule is CNC(c1ccc(F)c(F)c1)c1csc2ccccc12. The molecule has 0 aliphatic carbocycles. The molecule has 0 spiro atoms. The van der Waals surface area contributed by atoms with Crippen LogP contribution in [0.1, 0.15) is 17.2 Å². The van der Waals surface area contributed by atoms with Crippen molar-refractivity contribution in [3.8, 4) is 0 Å². The summed E-state index contributed by atoms with van der Waals surface area (Å²) in [4.78, 5) is 0. The molecule has 0 amide bonds. The minimum absolute atomic E-state index is 0.152. The van der Waals surface area contributed by atoms with Crippen LogP contribution in [-0.4, -0.2) is 7.05 Å². The van der Waals surface area contributed by atoms with E-state index in [0.29, 0.717) is 0 Å². The van der Waals surface area contributed by atoms with E-state index in [1.54, 1.807) is 17.4 Å². The summed E-state index contributed by atoms with van der Waals surface area (Å²) in [6.45, 7) is 0. The lowest BCUT2D eigenvalue weighted by Gasteiger charge is -2.16. The van der Waals surface area contributed by atoms with Gasteiger partial charge in [0.05, 0.1) is 6.04 Å². The predicted octanol–water partition coefficient (Wildman–Crippen LogP) is 4.49. The fraction of sp³-hybridized carbons (Fsp3) is 0.125. The number of fused-ring (bicyclic) bond motifs is 1. The summed E-state index contributed by atoms with van der Waals surface area (Å²) in [5.74, 6) is -1.64. The molecule has 3 aromatic rings. The molecule has 1 aromatic heterocycles. The number of hydrogen-bond acceptors (Lipinski definition) is 2. The second-order valence-electron chi connectivity index (χ2n) is 4.58. The molecule has 1 unspecified atom stereocenters. The molecular formula is C16H13F2NS. The molecule has 1 N–H and O–H groups in total. The van der Waals surface area contributed by atoms with Crippen LogP contribution in [0.3, 0.4) is 0 Å². The van der Waals surface area contributed by atoms with E-state index in [1.807, 2.05) is 25.2 Å². The summed E-state index contributed by atoms with van der Waals surface area (Å²) in [5, 5.41) is 6.38. The number of thiophene rings is 1. The van der Waals surface area contributed by atoms with Crippen LogP contribution < -0.4 is 5.32 Å². The van der Waals surface area contributed by atoms with Crippen LogP contribution in [0.5, 0.6) is 0 Å². The third-order valence-corrected chi connectivity index (χ3v) is 4.37. The maximum absolute atomic E-state index is 13.4. The summed E-state index contributed by atoms with van der Waals surface area (Å²) in [5.41, 5.74) is 1.80. The normalized spacial score (nSPS) is 12.8. The van der Waals surface area contributed by atoms with Crippen LogP contribution in [0.15, 0.2) is 47.8 Å². The molecule has 20 heavy (non-hydrogen) atoms. The van der Waals surface area contributed by atoms with Gasteiger partial charge in [-0.05, 0) is 47.1 Å². The monoisotopic (exact) mass is 289 g/mol. The maximum Gasteiger partial charge on any atom is 0.159 e. The van der Waals surface area contributed by atoms with Crippen molar-refractivity contribution in [2.75, 3.05) is 7.05 Å². The van der Waals surface area contributed by atoms with E-state index < -0.39 is 11.6 Å². The van der Waals surface area contributed by atoms with E-state index in [9.17, 15) is 8.78 Å². The molecule has 102 valence electrons. The molecule has 1 atom stereocenters. The highest BCUT2D eigenvalue weighted by Gasteiger charge is 2.17.